The second kappa shape index (κ2) is 5.30. The number of fused-ring (bicyclic) bond motifs is 1. The highest BCUT2D eigenvalue weighted by atomic mass is 127. The van der Waals surface area contributed by atoms with E-state index in [1.807, 2.05) is 11.0 Å². The first-order chi connectivity index (χ1) is 9.44. The molecule has 0 N–H and O–H groups in total. The van der Waals surface area contributed by atoms with Gasteiger partial charge in [-0.1, -0.05) is 6.07 Å². The second-order valence-corrected chi connectivity index (χ2v) is 7.59. The summed E-state index contributed by atoms with van der Waals surface area (Å²) in [5.74, 6) is 0.165. The molecule has 1 unspecified atom stereocenters. The predicted octanol–water partition coefficient (Wildman–Crippen LogP) is 3.25. The van der Waals surface area contributed by atoms with Gasteiger partial charge in [-0.15, -0.1) is 0 Å². The van der Waals surface area contributed by atoms with Crippen molar-refractivity contribution in [1.29, 1.82) is 0 Å². The van der Waals surface area contributed by atoms with Crippen molar-refractivity contribution in [2.24, 2.45) is 0 Å². The zero-order valence-electron chi connectivity index (χ0n) is 12.0. The van der Waals surface area contributed by atoms with Crippen LogP contribution in [0.25, 0.3) is 0 Å². The van der Waals surface area contributed by atoms with Gasteiger partial charge in [0, 0.05) is 22.2 Å². The summed E-state index contributed by atoms with van der Waals surface area (Å²) in [6.07, 6.45) is 3.27. The second-order valence-electron chi connectivity index (χ2n) is 6.34. The zero-order valence-corrected chi connectivity index (χ0v) is 14.1. The maximum atomic E-state index is 12.6. The molecule has 108 valence electrons. The van der Waals surface area contributed by atoms with Gasteiger partial charge < -0.3 is 9.64 Å². The van der Waals surface area contributed by atoms with Crippen LogP contribution in [0.4, 0.5) is 0 Å². The molecular formula is C16H20INO2. The van der Waals surface area contributed by atoms with Crippen LogP contribution in [0, 0.1) is 3.57 Å². The molecule has 0 aliphatic carbocycles. The fourth-order valence-electron chi connectivity index (χ4n) is 3.12. The Morgan fingerprint density at radius 1 is 1.45 bits per heavy atom. The van der Waals surface area contributed by atoms with Gasteiger partial charge >= 0.3 is 0 Å². The van der Waals surface area contributed by atoms with Gasteiger partial charge in [0.05, 0.1) is 11.7 Å². The summed E-state index contributed by atoms with van der Waals surface area (Å²) in [6, 6.07) is 6.16. The van der Waals surface area contributed by atoms with E-state index < -0.39 is 0 Å². The first-order valence-corrected chi connectivity index (χ1v) is 8.28. The Bertz CT molecular complexity index is 541. The van der Waals surface area contributed by atoms with Crippen molar-refractivity contribution in [3.05, 3.63) is 32.9 Å². The highest BCUT2D eigenvalue weighted by molar-refractivity contribution is 14.1. The molecule has 1 aromatic carbocycles. The molecule has 0 radical (unpaired) electrons. The largest absolute Gasteiger partial charge is 0.371 e. The Kier molecular flexibility index (Phi) is 3.79. The predicted molar refractivity (Wildman–Crippen MR) is 87.0 cm³/mol. The van der Waals surface area contributed by atoms with E-state index >= 15 is 0 Å². The Labute approximate surface area is 133 Å². The number of halogens is 1. The first kappa shape index (κ1) is 14.3. The lowest BCUT2D eigenvalue weighted by Crippen LogP contribution is -2.42. The van der Waals surface area contributed by atoms with E-state index in [1.54, 1.807) is 0 Å². The fourth-order valence-corrected chi connectivity index (χ4v) is 3.61. The SMILES string of the molecule is CC1(C)CCC(CN2CCc3ccc(I)cc3C2=O)O1. The smallest absolute Gasteiger partial charge is 0.254 e. The first-order valence-electron chi connectivity index (χ1n) is 7.20. The number of hydrogen-bond donors (Lipinski definition) is 0. The van der Waals surface area contributed by atoms with E-state index in [4.69, 9.17) is 4.74 Å². The number of carbonyl (C=O) groups is 1. The van der Waals surface area contributed by atoms with Crippen molar-refractivity contribution in [2.45, 2.75) is 44.8 Å². The molecule has 0 aromatic heterocycles. The summed E-state index contributed by atoms with van der Waals surface area (Å²) in [4.78, 5) is 14.5. The van der Waals surface area contributed by atoms with Crippen molar-refractivity contribution in [3.8, 4) is 0 Å². The van der Waals surface area contributed by atoms with Gasteiger partial charge in [-0.05, 0) is 73.4 Å². The average molecular weight is 385 g/mol. The minimum Gasteiger partial charge on any atom is -0.371 e. The molecule has 20 heavy (non-hydrogen) atoms. The quantitative estimate of drug-likeness (QED) is 0.732. The molecular weight excluding hydrogens is 365 g/mol. The fraction of sp³-hybridized carbons (Fsp3) is 0.562. The van der Waals surface area contributed by atoms with Crippen LogP contribution in [0.15, 0.2) is 18.2 Å². The third-order valence-corrected chi connectivity index (χ3v) is 4.89. The van der Waals surface area contributed by atoms with E-state index in [1.165, 1.54) is 5.56 Å². The van der Waals surface area contributed by atoms with Gasteiger partial charge in [0.15, 0.2) is 0 Å². The monoisotopic (exact) mass is 385 g/mol. The lowest BCUT2D eigenvalue weighted by molar-refractivity contribution is -0.0268. The lowest BCUT2D eigenvalue weighted by atomic mass is 9.98. The molecule has 4 heteroatoms. The summed E-state index contributed by atoms with van der Waals surface area (Å²) in [7, 11) is 0. The van der Waals surface area contributed by atoms with Gasteiger partial charge in [0.1, 0.15) is 0 Å². The molecule has 2 heterocycles. The molecule has 0 spiro atoms. The summed E-state index contributed by atoms with van der Waals surface area (Å²) in [5.41, 5.74) is 2.02. The minimum atomic E-state index is -0.0310. The van der Waals surface area contributed by atoms with Crippen molar-refractivity contribution in [1.82, 2.24) is 4.90 Å². The van der Waals surface area contributed by atoms with Crippen molar-refractivity contribution < 1.29 is 9.53 Å². The van der Waals surface area contributed by atoms with E-state index in [2.05, 4.69) is 48.6 Å². The number of hydrogen-bond acceptors (Lipinski definition) is 2. The van der Waals surface area contributed by atoms with E-state index in [9.17, 15) is 4.79 Å². The molecule has 3 rings (SSSR count). The van der Waals surface area contributed by atoms with Gasteiger partial charge in [-0.25, -0.2) is 0 Å². The number of carbonyl (C=O) groups excluding carboxylic acids is 1. The number of amides is 1. The van der Waals surface area contributed by atoms with Crippen LogP contribution in [-0.4, -0.2) is 35.6 Å². The maximum absolute atomic E-state index is 12.6. The Morgan fingerprint density at radius 3 is 2.95 bits per heavy atom. The molecule has 2 aliphatic rings. The Hall–Kier alpha value is -0.620. The summed E-state index contributed by atoms with van der Waals surface area (Å²) < 4.78 is 7.14. The molecule has 1 fully saturated rings. The third kappa shape index (κ3) is 2.86. The van der Waals surface area contributed by atoms with Gasteiger partial charge in [-0.2, -0.15) is 0 Å². The highest BCUT2D eigenvalue weighted by Crippen LogP contribution is 2.30. The van der Waals surface area contributed by atoms with Crippen molar-refractivity contribution in [3.63, 3.8) is 0 Å². The molecule has 1 atom stereocenters. The normalized spacial score (nSPS) is 24.9. The standard InChI is InChI=1S/C16H20INO2/c1-16(2)7-5-13(20-16)10-18-8-6-11-3-4-12(17)9-14(11)15(18)19/h3-4,9,13H,5-8,10H2,1-2H3. The van der Waals surface area contributed by atoms with Crippen LogP contribution >= 0.6 is 22.6 Å². The number of benzene rings is 1. The van der Waals surface area contributed by atoms with Crippen LogP contribution < -0.4 is 0 Å². The van der Waals surface area contributed by atoms with E-state index in [-0.39, 0.29) is 17.6 Å². The Balaban J connectivity index is 1.73. The molecule has 2 aliphatic heterocycles. The van der Waals surface area contributed by atoms with E-state index in [0.29, 0.717) is 0 Å². The van der Waals surface area contributed by atoms with Crippen molar-refractivity contribution >= 4 is 28.5 Å². The maximum Gasteiger partial charge on any atom is 0.254 e. The summed E-state index contributed by atoms with van der Waals surface area (Å²) in [6.45, 7) is 5.80. The number of rotatable bonds is 2. The van der Waals surface area contributed by atoms with Gasteiger partial charge in [0.2, 0.25) is 0 Å². The van der Waals surface area contributed by atoms with Gasteiger partial charge in [0.25, 0.3) is 5.91 Å². The molecule has 0 bridgehead atoms. The number of nitrogens with zero attached hydrogens (tertiary/aromatic N) is 1. The van der Waals surface area contributed by atoms with Crippen LogP contribution in [0.5, 0.6) is 0 Å². The van der Waals surface area contributed by atoms with Crippen LogP contribution in [-0.2, 0) is 11.2 Å². The topological polar surface area (TPSA) is 29.5 Å². The number of ether oxygens (including phenoxy) is 1. The third-order valence-electron chi connectivity index (χ3n) is 4.22. The van der Waals surface area contributed by atoms with Crippen LogP contribution in [0.3, 0.4) is 0 Å². The highest BCUT2D eigenvalue weighted by Gasteiger charge is 2.34. The average Bonchev–Trinajstić information content (AvgIpc) is 2.73. The van der Waals surface area contributed by atoms with Gasteiger partial charge in [-0.3, -0.25) is 4.79 Å². The Morgan fingerprint density at radius 2 is 2.25 bits per heavy atom. The molecule has 1 amide bonds. The van der Waals surface area contributed by atoms with Crippen LogP contribution in [0.2, 0.25) is 0 Å². The summed E-state index contributed by atoms with van der Waals surface area (Å²) >= 11 is 2.26. The van der Waals surface area contributed by atoms with Crippen LogP contribution in [0.1, 0.15) is 42.6 Å². The molecule has 1 aromatic rings. The lowest BCUT2D eigenvalue weighted by Gasteiger charge is -2.31. The zero-order chi connectivity index (χ0) is 14.3. The summed E-state index contributed by atoms with van der Waals surface area (Å²) in [5, 5.41) is 0. The molecule has 0 saturated carbocycles. The van der Waals surface area contributed by atoms with E-state index in [0.717, 1.165) is 41.5 Å². The minimum absolute atomic E-state index is 0.0310. The molecule has 1 saturated heterocycles. The molecule has 3 nitrogen and oxygen atoms in total. The van der Waals surface area contributed by atoms with Crippen molar-refractivity contribution in [2.75, 3.05) is 13.1 Å².